The molecule has 0 spiro atoms. The molecular weight excluding hydrogens is 296 g/mol. The number of thioether (sulfide) groups is 1. The standard InChI is InChI=1S/C13H24N2O3S2/c1-2-15(11-5-8-20(17,18)10-11)13(16)9-19-12-3-6-14-7-4-12/h11-12,14H,2-10H2,1H3. The molecule has 1 unspecified atom stereocenters. The van der Waals surface area contributed by atoms with Crippen molar-refractivity contribution in [1.82, 2.24) is 10.2 Å². The van der Waals surface area contributed by atoms with E-state index in [-0.39, 0.29) is 23.5 Å². The molecule has 5 nitrogen and oxygen atoms in total. The zero-order chi connectivity index (χ0) is 14.6. The number of nitrogens with one attached hydrogen (secondary N) is 1. The van der Waals surface area contributed by atoms with E-state index in [1.165, 1.54) is 0 Å². The highest BCUT2D eigenvalue weighted by Gasteiger charge is 2.33. The predicted molar refractivity (Wildman–Crippen MR) is 82.8 cm³/mol. The molecule has 2 fully saturated rings. The minimum absolute atomic E-state index is 0.0955. The van der Waals surface area contributed by atoms with Crippen LogP contribution in [0.2, 0.25) is 0 Å². The Morgan fingerprint density at radius 2 is 2.00 bits per heavy atom. The van der Waals surface area contributed by atoms with Crippen LogP contribution in [0.25, 0.3) is 0 Å². The van der Waals surface area contributed by atoms with Crippen LogP contribution in [0.4, 0.5) is 0 Å². The van der Waals surface area contributed by atoms with Crippen LogP contribution in [0.5, 0.6) is 0 Å². The Morgan fingerprint density at radius 3 is 2.55 bits per heavy atom. The van der Waals surface area contributed by atoms with Crippen LogP contribution >= 0.6 is 11.8 Å². The molecule has 1 atom stereocenters. The summed E-state index contributed by atoms with van der Waals surface area (Å²) in [5.74, 6) is 0.945. The molecule has 20 heavy (non-hydrogen) atoms. The van der Waals surface area contributed by atoms with Gasteiger partial charge in [0.15, 0.2) is 9.84 Å². The number of sulfone groups is 1. The third-order valence-electron chi connectivity index (χ3n) is 4.04. The molecule has 2 saturated heterocycles. The largest absolute Gasteiger partial charge is 0.338 e. The average molecular weight is 320 g/mol. The molecule has 0 aromatic carbocycles. The number of amides is 1. The fraction of sp³-hybridized carbons (Fsp3) is 0.923. The number of rotatable bonds is 5. The number of carbonyl (C=O) groups excluding carboxylic acids is 1. The lowest BCUT2D eigenvalue weighted by atomic mass is 10.2. The lowest BCUT2D eigenvalue weighted by Crippen LogP contribution is -2.42. The van der Waals surface area contributed by atoms with Gasteiger partial charge in [-0.3, -0.25) is 4.79 Å². The van der Waals surface area contributed by atoms with Crippen molar-refractivity contribution < 1.29 is 13.2 Å². The molecule has 0 radical (unpaired) electrons. The number of piperidine rings is 1. The van der Waals surface area contributed by atoms with Crippen molar-refractivity contribution >= 4 is 27.5 Å². The maximum absolute atomic E-state index is 12.3. The molecule has 7 heteroatoms. The first-order valence-electron chi connectivity index (χ1n) is 7.34. The number of carbonyl (C=O) groups is 1. The summed E-state index contributed by atoms with van der Waals surface area (Å²) < 4.78 is 23.1. The summed E-state index contributed by atoms with van der Waals surface area (Å²) in [4.78, 5) is 14.1. The monoisotopic (exact) mass is 320 g/mol. The Bertz CT molecular complexity index is 433. The van der Waals surface area contributed by atoms with E-state index in [1.807, 2.05) is 6.92 Å². The van der Waals surface area contributed by atoms with Crippen LogP contribution in [0, 0.1) is 0 Å². The Labute approximate surface area is 125 Å². The number of hydrogen-bond donors (Lipinski definition) is 1. The van der Waals surface area contributed by atoms with Gasteiger partial charge in [0.2, 0.25) is 5.91 Å². The molecule has 116 valence electrons. The second-order valence-electron chi connectivity index (χ2n) is 5.50. The SMILES string of the molecule is CCN(C(=O)CSC1CCNCC1)C1CCS(=O)(=O)C1. The van der Waals surface area contributed by atoms with Crippen molar-refractivity contribution in [1.29, 1.82) is 0 Å². The fourth-order valence-electron chi connectivity index (χ4n) is 2.89. The molecule has 0 aromatic rings. The average Bonchev–Trinajstić information content (AvgIpc) is 2.78. The van der Waals surface area contributed by atoms with Gasteiger partial charge in [0.1, 0.15) is 0 Å². The molecule has 2 rings (SSSR count). The van der Waals surface area contributed by atoms with E-state index in [9.17, 15) is 13.2 Å². The third kappa shape index (κ3) is 4.36. The summed E-state index contributed by atoms with van der Waals surface area (Å²) in [7, 11) is -2.93. The molecule has 1 N–H and O–H groups in total. The first-order valence-corrected chi connectivity index (χ1v) is 10.2. The Morgan fingerprint density at radius 1 is 1.30 bits per heavy atom. The van der Waals surface area contributed by atoms with Gasteiger partial charge in [-0.15, -0.1) is 11.8 Å². The Kier molecular flexibility index (Phi) is 5.74. The second kappa shape index (κ2) is 7.13. The van der Waals surface area contributed by atoms with E-state index >= 15 is 0 Å². The van der Waals surface area contributed by atoms with Crippen LogP contribution in [0.3, 0.4) is 0 Å². The predicted octanol–water partition coefficient (Wildman–Crippen LogP) is 0.507. The number of nitrogens with zero attached hydrogens (tertiary/aromatic N) is 1. The van der Waals surface area contributed by atoms with Crippen LogP contribution in [0.1, 0.15) is 26.2 Å². The van der Waals surface area contributed by atoms with E-state index < -0.39 is 9.84 Å². The topological polar surface area (TPSA) is 66.5 Å². The van der Waals surface area contributed by atoms with Crippen LogP contribution in [0.15, 0.2) is 0 Å². The lowest BCUT2D eigenvalue weighted by molar-refractivity contribution is -0.129. The van der Waals surface area contributed by atoms with Crippen molar-refractivity contribution in [2.75, 3.05) is 36.9 Å². The van der Waals surface area contributed by atoms with Crippen molar-refractivity contribution in [2.24, 2.45) is 0 Å². The molecule has 2 heterocycles. The maximum Gasteiger partial charge on any atom is 0.232 e. The van der Waals surface area contributed by atoms with Gasteiger partial charge in [0.05, 0.1) is 17.3 Å². The minimum atomic E-state index is -2.93. The molecule has 0 aromatic heterocycles. The highest BCUT2D eigenvalue weighted by molar-refractivity contribution is 8.00. The minimum Gasteiger partial charge on any atom is -0.338 e. The highest BCUT2D eigenvalue weighted by Crippen LogP contribution is 2.23. The van der Waals surface area contributed by atoms with E-state index in [1.54, 1.807) is 16.7 Å². The Balaban J connectivity index is 1.82. The van der Waals surface area contributed by atoms with Gasteiger partial charge in [-0.25, -0.2) is 8.42 Å². The Hall–Kier alpha value is -0.270. The summed E-state index contributed by atoms with van der Waals surface area (Å²) in [6.07, 6.45) is 2.82. The van der Waals surface area contributed by atoms with Crippen molar-refractivity contribution in [3.05, 3.63) is 0 Å². The molecule has 1 amide bonds. The van der Waals surface area contributed by atoms with E-state index in [2.05, 4.69) is 5.32 Å². The molecule has 2 aliphatic heterocycles. The summed E-state index contributed by atoms with van der Waals surface area (Å²) in [6, 6.07) is -0.105. The first-order chi connectivity index (χ1) is 9.52. The fourth-order valence-corrected chi connectivity index (χ4v) is 5.74. The van der Waals surface area contributed by atoms with Crippen LogP contribution < -0.4 is 5.32 Å². The quantitative estimate of drug-likeness (QED) is 0.799. The summed E-state index contributed by atoms with van der Waals surface area (Å²) in [5, 5.41) is 3.88. The van der Waals surface area contributed by atoms with Crippen molar-refractivity contribution in [3.63, 3.8) is 0 Å². The normalized spacial score (nSPS) is 26.6. The van der Waals surface area contributed by atoms with Crippen LogP contribution in [-0.4, -0.2) is 67.4 Å². The smallest absolute Gasteiger partial charge is 0.232 e. The van der Waals surface area contributed by atoms with Gasteiger partial charge in [-0.2, -0.15) is 0 Å². The van der Waals surface area contributed by atoms with E-state index in [0.29, 0.717) is 24.0 Å². The molecule has 2 aliphatic rings. The van der Waals surface area contributed by atoms with Crippen LogP contribution in [-0.2, 0) is 14.6 Å². The van der Waals surface area contributed by atoms with Gasteiger partial charge < -0.3 is 10.2 Å². The zero-order valence-corrected chi connectivity index (χ0v) is 13.6. The zero-order valence-electron chi connectivity index (χ0n) is 12.0. The van der Waals surface area contributed by atoms with Gasteiger partial charge in [-0.1, -0.05) is 0 Å². The second-order valence-corrected chi connectivity index (χ2v) is 9.01. The van der Waals surface area contributed by atoms with Gasteiger partial charge in [0, 0.05) is 17.8 Å². The summed E-state index contributed by atoms with van der Waals surface area (Å²) >= 11 is 1.73. The number of hydrogen-bond acceptors (Lipinski definition) is 5. The summed E-state index contributed by atoms with van der Waals surface area (Å²) in [5.41, 5.74) is 0. The van der Waals surface area contributed by atoms with Crippen molar-refractivity contribution in [2.45, 2.75) is 37.5 Å². The van der Waals surface area contributed by atoms with Gasteiger partial charge in [0.25, 0.3) is 0 Å². The molecule has 0 aliphatic carbocycles. The van der Waals surface area contributed by atoms with Gasteiger partial charge >= 0.3 is 0 Å². The van der Waals surface area contributed by atoms with Gasteiger partial charge in [-0.05, 0) is 39.3 Å². The first kappa shape index (κ1) is 16.1. The lowest BCUT2D eigenvalue weighted by Gasteiger charge is -2.28. The highest BCUT2D eigenvalue weighted by atomic mass is 32.2. The third-order valence-corrected chi connectivity index (χ3v) is 7.15. The molecular formula is C13H24N2O3S2. The molecule has 0 bridgehead atoms. The van der Waals surface area contributed by atoms with E-state index in [4.69, 9.17) is 0 Å². The molecule has 0 saturated carbocycles. The summed E-state index contributed by atoms with van der Waals surface area (Å²) in [6.45, 7) is 4.60. The maximum atomic E-state index is 12.3. The van der Waals surface area contributed by atoms with E-state index in [0.717, 1.165) is 25.9 Å². The van der Waals surface area contributed by atoms with Crippen molar-refractivity contribution in [3.8, 4) is 0 Å².